The number of rotatable bonds is 2. The quantitative estimate of drug-likeness (QED) is 0.744. The van der Waals surface area contributed by atoms with Gasteiger partial charge in [-0.2, -0.15) is 0 Å². The highest BCUT2D eigenvalue weighted by Gasteiger charge is 2.45. The van der Waals surface area contributed by atoms with Gasteiger partial charge in [0, 0.05) is 35.9 Å². The molecule has 3 aliphatic heterocycles. The fraction of sp³-hybridized carbons (Fsp3) is 0.389. The van der Waals surface area contributed by atoms with Gasteiger partial charge in [0.2, 0.25) is 5.96 Å². The summed E-state index contributed by atoms with van der Waals surface area (Å²) in [5.41, 5.74) is 4.44. The van der Waals surface area contributed by atoms with Crippen LogP contribution in [-0.2, 0) is 0 Å². The smallest absolute Gasteiger partial charge is 0.266 e. The molecule has 0 bridgehead atoms. The first-order valence-corrected chi connectivity index (χ1v) is 9.50. The molecule has 148 valence electrons. The summed E-state index contributed by atoms with van der Waals surface area (Å²) in [7, 11) is 0. The number of aliphatic imine (C=N–C) groups is 2. The van der Waals surface area contributed by atoms with E-state index in [1.54, 1.807) is 18.0 Å². The maximum atomic E-state index is 14.5. The number of alkyl halides is 2. The van der Waals surface area contributed by atoms with Crippen molar-refractivity contribution in [3.8, 4) is 0 Å². The first-order chi connectivity index (χ1) is 13.2. The Hall–Kier alpha value is -2.20. The van der Waals surface area contributed by atoms with E-state index in [4.69, 9.17) is 0 Å². The van der Waals surface area contributed by atoms with Gasteiger partial charge in [0.25, 0.3) is 11.8 Å². The summed E-state index contributed by atoms with van der Waals surface area (Å²) in [5, 5.41) is 1.61. The van der Waals surface area contributed by atoms with Crippen molar-refractivity contribution >= 4 is 33.5 Å². The number of carbonyl (C=O) groups excluding carboxylic acids is 1. The lowest BCUT2D eigenvalue weighted by Crippen LogP contribution is -2.52. The number of hydrazine groups is 1. The third-order valence-corrected chi connectivity index (χ3v) is 5.43. The van der Waals surface area contributed by atoms with E-state index < -0.39 is 30.1 Å². The van der Waals surface area contributed by atoms with Crippen LogP contribution in [0.1, 0.15) is 23.7 Å². The number of hydrogen-bond acceptors (Lipinski definition) is 5. The minimum absolute atomic E-state index is 0.114. The van der Waals surface area contributed by atoms with Crippen molar-refractivity contribution in [2.24, 2.45) is 15.9 Å². The summed E-state index contributed by atoms with van der Waals surface area (Å²) in [5.74, 6) is -4.29. The number of benzene rings is 1. The summed E-state index contributed by atoms with van der Waals surface area (Å²) >= 11 is 3.03. The molecule has 1 aromatic rings. The molecule has 6 nitrogen and oxygen atoms in total. The van der Waals surface area contributed by atoms with E-state index in [1.807, 2.05) is 0 Å². The third kappa shape index (κ3) is 3.58. The molecule has 10 heteroatoms. The Bertz CT molecular complexity index is 930. The molecule has 1 saturated heterocycles. The van der Waals surface area contributed by atoms with Gasteiger partial charge in [0.1, 0.15) is 12.5 Å². The van der Waals surface area contributed by atoms with E-state index in [2.05, 4.69) is 31.3 Å². The predicted molar refractivity (Wildman–Crippen MR) is 102 cm³/mol. The second-order valence-corrected chi connectivity index (χ2v) is 7.86. The molecule has 1 N–H and O–H groups in total. The fourth-order valence-electron chi connectivity index (χ4n) is 3.64. The normalized spacial score (nSPS) is 23.8. The molecule has 28 heavy (non-hydrogen) atoms. The molecule has 1 unspecified atom stereocenters. The first kappa shape index (κ1) is 19.1. The zero-order valence-corrected chi connectivity index (χ0v) is 16.5. The van der Waals surface area contributed by atoms with Gasteiger partial charge in [-0.15, -0.1) is 0 Å². The van der Waals surface area contributed by atoms with Crippen molar-refractivity contribution in [1.29, 1.82) is 0 Å². The molecule has 4 rings (SSSR count). The topological polar surface area (TPSA) is 60.3 Å². The minimum atomic E-state index is -3.05. The molecular weight excluding hydrogens is 439 g/mol. The highest BCUT2D eigenvalue weighted by Crippen LogP contribution is 2.37. The zero-order valence-electron chi connectivity index (χ0n) is 14.9. The Morgan fingerprint density at radius 1 is 1.39 bits per heavy atom. The van der Waals surface area contributed by atoms with Crippen molar-refractivity contribution in [2.75, 3.05) is 19.8 Å². The van der Waals surface area contributed by atoms with E-state index >= 15 is 0 Å². The molecular formula is C18H17BrF3N5O. The number of halogens is 4. The third-order valence-electron chi connectivity index (χ3n) is 4.82. The molecule has 1 fully saturated rings. The van der Waals surface area contributed by atoms with Crippen molar-refractivity contribution < 1.29 is 18.0 Å². The number of hydrogen-bond donors (Lipinski definition) is 1. The van der Waals surface area contributed by atoms with Crippen LogP contribution in [0.3, 0.4) is 0 Å². The average molecular weight is 456 g/mol. The molecule has 1 amide bonds. The molecule has 3 aliphatic rings. The maximum absolute atomic E-state index is 14.5. The Morgan fingerprint density at radius 2 is 2.18 bits per heavy atom. The van der Waals surface area contributed by atoms with Crippen molar-refractivity contribution in [3.63, 3.8) is 0 Å². The molecule has 0 radical (unpaired) electrons. The molecule has 0 aliphatic carbocycles. The van der Waals surface area contributed by atoms with Gasteiger partial charge in [0.05, 0.1) is 11.0 Å². The number of guanidine groups is 1. The molecule has 0 saturated carbocycles. The van der Waals surface area contributed by atoms with Crippen LogP contribution < -0.4 is 5.43 Å². The molecule has 0 aromatic heterocycles. The number of piperidine rings is 1. The van der Waals surface area contributed by atoms with E-state index in [1.165, 1.54) is 12.1 Å². The number of allylic oxidation sites excluding steroid dienone is 1. The summed E-state index contributed by atoms with van der Waals surface area (Å²) < 4.78 is 42.6. The van der Waals surface area contributed by atoms with Crippen LogP contribution >= 0.6 is 15.9 Å². The van der Waals surface area contributed by atoms with Crippen molar-refractivity contribution in [1.82, 2.24) is 15.3 Å². The van der Waals surface area contributed by atoms with Crippen LogP contribution in [0.4, 0.5) is 13.2 Å². The van der Waals surface area contributed by atoms with Gasteiger partial charge < -0.3 is 4.90 Å². The Morgan fingerprint density at radius 3 is 2.93 bits per heavy atom. The molecule has 1 aromatic carbocycles. The number of carbonyl (C=O) groups is 1. The fourth-order valence-corrected chi connectivity index (χ4v) is 4.02. The zero-order chi connectivity index (χ0) is 20.1. The second kappa shape index (κ2) is 7.00. The van der Waals surface area contributed by atoms with Gasteiger partial charge in [-0.25, -0.2) is 33.6 Å². The van der Waals surface area contributed by atoms with E-state index in [-0.39, 0.29) is 23.0 Å². The number of fused-ring (bicyclic) bond motifs is 1. The van der Waals surface area contributed by atoms with Gasteiger partial charge in [0.15, 0.2) is 0 Å². The summed E-state index contributed by atoms with van der Waals surface area (Å²) in [6.45, 7) is 1.54. The largest absolute Gasteiger partial charge is 0.332 e. The lowest BCUT2D eigenvalue weighted by atomic mass is 9.90. The standard InChI is InChI=1S/C18H17BrF3N5O/c1-10-4-15(27-17(25-10)23-9-24-27)12-6-18(21,22)8-26(7-12)16(28)11-2-3-14(20)13(19)5-11/h2-5,12,24H,6-9H2,1H3. The number of nitrogens with one attached hydrogen (secondary N) is 1. The maximum Gasteiger partial charge on any atom is 0.266 e. The molecule has 0 spiro atoms. The predicted octanol–water partition coefficient (Wildman–Crippen LogP) is 3.18. The van der Waals surface area contributed by atoms with Crippen molar-refractivity contribution in [2.45, 2.75) is 19.3 Å². The van der Waals surface area contributed by atoms with Crippen LogP contribution in [-0.4, -0.2) is 53.2 Å². The van der Waals surface area contributed by atoms with Crippen LogP contribution in [0.2, 0.25) is 0 Å². The Kier molecular flexibility index (Phi) is 4.78. The Balaban J connectivity index is 1.62. The highest BCUT2D eigenvalue weighted by molar-refractivity contribution is 9.10. The lowest BCUT2D eigenvalue weighted by Gasteiger charge is -2.41. The van der Waals surface area contributed by atoms with E-state index in [9.17, 15) is 18.0 Å². The Labute approximate surface area is 167 Å². The summed E-state index contributed by atoms with van der Waals surface area (Å²) in [6.07, 6.45) is 1.36. The number of likely N-dealkylation sites (tertiary alicyclic amines) is 1. The van der Waals surface area contributed by atoms with Gasteiger partial charge in [-0.05, 0) is 47.1 Å². The van der Waals surface area contributed by atoms with Crippen LogP contribution in [0.25, 0.3) is 0 Å². The highest BCUT2D eigenvalue weighted by atomic mass is 79.9. The SMILES string of the molecule is CC1=NC2=NCNN2C(C2CN(C(=O)c3ccc(F)c(Br)c3)CC(F)(F)C2)=C1. The van der Waals surface area contributed by atoms with Crippen LogP contribution in [0, 0.1) is 11.7 Å². The number of amides is 1. The van der Waals surface area contributed by atoms with E-state index in [0.717, 1.165) is 11.0 Å². The van der Waals surface area contributed by atoms with Gasteiger partial charge in [-0.1, -0.05) is 0 Å². The summed E-state index contributed by atoms with van der Waals surface area (Å²) in [4.78, 5) is 22.4. The number of nitrogens with zero attached hydrogens (tertiary/aromatic N) is 4. The monoisotopic (exact) mass is 455 g/mol. The van der Waals surface area contributed by atoms with Crippen LogP contribution in [0.5, 0.6) is 0 Å². The molecule has 1 atom stereocenters. The minimum Gasteiger partial charge on any atom is -0.332 e. The van der Waals surface area contributed by atoms with Gasteiger partial charge >= 0.3 is 0 Å². The van der Waals surface area contributed by atoms with Gasteiger partial charge in [-0.3, -0.25) is 4.79 Å². The lowest BCUT2D eigenvalue weighted by molar-refractivity contribution is -0.0724. The summed E-state index contributed by atoms with van der Waals surface area (Å²) in [6, 6.07) is 3.74. The second-order valence-electron chi connectivity index (χ2n) is 7.00. The van der Waals surface area contributed by atoms with Crippen LogP contribution in [0.15, 0.2) is 44.4 Å². The molecule has 3 heterocycles. The van der Waals surface area contributed by atoms with Crippen molar-refractivity contribution in [3.05, 3.63) is 45.8 Å². The average Bonchev–Trinajstić information content (AvgIpc) is 3.09. The first-order valence-electron chi connectivity index (χ1n) is 8.71. The van der Waals surface area contributed by atoms with E-state index in [0.29, 0.717) is 24.0 Å².